The van der Waals surface area contributed by atoms with Crippen LogP contribution in [0.1, 0.15) is 46.1 Å². The molecular weight excluding hydrogens is 368 g/mol. The molecule has 0 aromatic carbocycles. The Labute approximate surface area is 167 Å². The first-order chi connectivity index (χ1) is 13.1. The molecule has 0 radical (unpaired) electrons. The van der Waals surface area contributed by atoms with Gasteiger partial charge in [0.15, 0.2) is 25.3 Å². The summed E-state index contributed by atoms with van der Waals surface area (Å²) in [5.74, 6) is 1.46. The fraction of sp³-hybridized carbons (Fsp3) is 0.650. The molecule has 2 aromatic heterocycles. The zero-order valence-electron chi connectivity index (χ0n) is 17.6. The topological polar surface area (TPSA) is 90.9 Å². The third-order valence-electron chi connectivity index (χ3n) is 6.33. The van der Waals surface area contributed by atoms with Crippen molar-refractivity contribution >= 4 is 31.2 Å². The van der Waals surface area contributed by atoms with E-state index in [0.29, 0.717) is 12.0 Å². The van der Waals surface area contributed by atoms with Gasteiger partial charge >= 0.3 is 0 Å². The maximum atomic E-state index is 6.43. The number of anilines is 2. The van der Waals surface area contributed by atoms with E-state index in [1.165, 1.54) is 12.8 Å². The van der Waals surface area contributed by atoms with Gasteiger partial charge in [0.1, 0.15) is 0 Å². The Hall–Kier alpha value is -1.93. The normalized spacial score (nSPS) is 22.9. The van der Waals surface area contributed by atoms with Crippen LogP contribution in [-0.2, 0) is 4.43 Å². The number of hydrogen-bond donors (Lipinski definition) is 2. The van der Waals surface area contributed by atoms with Crippen molar-refractivity contribution in [2.24, 2.45) is 5.92 Å². The number of nitrogens with two attached hydrogens (primary N) is 1. The number of nitrogens with one attached hydrogen (secondary N) is 1. The summed E-state index contributed by atoms with van der Waals surface area (Å²) in [5.41, 5.74) is 7.58. The first-order valence-electron chi connectivity index (χ1n) is 10.2. The molecule has 3 N–H and O–H groups in total. The van der Waals surface area contributed by atoms with E-state index in [0.717, 1.165) is 30.0 Å². The number of nitrogens with zero attached hydrogens (tertiary/aromatic N) is 4. The van der Waals surface area contributed by atoms with E-state index in [1.807, 2.05) is 6.33 Å². The maximum absolute atomic E-state index is 6.43. The molecular formula is C20H32N6OSi. The highest BCUT2D eigenvalue weighted by molar-refractivity contribution is 6.74. The number of allylic oxidation sites excluding steroid dienone is 1. The molecule has 2 heterocycles. The molecule has 0 amide bonds. The van der Waals surface area contributed by atoms with Crippen LogP contribution in [0.2, 0.25) is 18.1 Å². The fourth-order valence-electron chi connectivity index (χ4n) is 3.31. The number of imidazole rings is 1. The summed E-state index contributed by atoms with van der Waals surface area (Å²) in [4.78, 5) is 13.4. The highest BCUT2D eigenvalue weighted by atomic mass is 28.4. The largest absolute Gasteiger partial charge is 0.416 e. The highest BCUT2D eigenvalue weighted by Crippen LogP contribution is 2.38. The summed E-state index contributed by atoms with van der Waals surface area (Å²) in [5, 5.41) is 3.65. The van der Waals surface area contributed by atoms with Gasteiger partial charge in [0.25, 0.3) is 0 Å². The number of fused-ring (bicyclic) bond motifs is 1. The molecule has 2 aromatic rings. The van der Waals surface area contributed by atoms with E-state index < -0.39 is 8.32 Å². The smallest absolute Gasteiger partial charge is 0.224 e. The van der Waals surface area contributed by atoms with Gasteiger partial charge in [0.05, 0.1) is 12.4 Å². The minimum absolute atomic E-state index is 0.223. The van der Waals surface area contributed by atoms with Crippen LogP contribution in [-0.4, -0.2) is 40.5 Å². The average molecular weight is 401 g/mol. The van der Waals surface area contributed by atoms with Crippen LogP contribution in [0.15, 0.2) is 18.5 Å². The monoisotopic (exact) mass is 400 g/mol. The molecule has 4 rings (SSSR count). The summed E-state index contributed by atoms with van der Waals surface area (Å²) >= 11 is 0. The van der Waals surface area contributed by atoms with Crippen molar-refractivity contribution in [3.8, 4) is 0 Å². The van der Waals surface area contributed by atoms with Crippen LogP contribution < -0.4 is 11.1 Å². The van der Waals surface area contributed by atoms with Gasteiger partial charge in [0, 0.05) is 18.6 Å². The van der Waals surface area contributed by atoms with Crippen LogP contribution in [0.4, 0.5) is 11.8 Å². The minimum Gasteiger partial charge on any atom is -0.416 e. The average Bonchev–Trinajstić information content (AvgIpc) is 3.13. The van der Waals surface area contributed by atoms with Gasteiger partial charge in [-0.3, -0.25) is 0 Å². The summed E-state index contributed by atoms with van der Waals surface area (Å²) in [6.45, 7) is 12.2. The predicted molar refractivity (Wildman–Crippen MR) is 116 cm³/mol. The van der Waals surface area contributed by atoms with Crippen LogP contribution in [0.5, 0.6) is 0 Å². The van der Waals surface area contributed by atoms with Crippen molar-refractivity contribution in [2.75, 3.05) is 17.7 Å². The lowest BCUT2D eigenvalue weighted by Crippen LogP contribution is -2.41. The Morgan fingerprint density at radius 2 is 2.00 bits per heavy atom. The molecule has 1 fully saturated rings. The lowest BCUT2D eigenvalue weighted by atomic mass is 10.1. The molecule has 2 unspecified atom stereocenters. The van der Waals surface area contributed by atoms with E-state index in [9.17, 15) is 0 Å². The Bertz CT molecular complexity index is 896. The first-order valence-corrected chi connectivity index (χ1v) is 13.1. The second-order valence-corrected chi connectivity index (χ2v) is 14.5. The van der Waals surface area contributed by atoms with Crippen molar-refractivity contribution in [3.63, 3.8) is 0 Å². The standard InChI is InChI=1S/C20H32N6OSi/c1-20(2,3)28(4,5)27-11-13-6-9-15(10-13)26-12-22-16-17(23-14-7-8-14)24-19(21)25-18(16)26/h6,9,12-15H,7-8,10-11H2,1-5H3,(H3,21,23,24,25). The zero-order valence-corrected chi connectivity index (χ0v) is 18.6. The maximum Gasteiger partial charge on any atom is 0.224 e. The molecule has 8 heteroatoms. The predicted octanol–water partition coefficient (Wildman–Crippen LogP) is 4.12. The molecule has 2 aliphatic rings. The van der Waals surface area contributed by atoms with Gasteiger partial charge in [-0.25, -0.2) is 4.98 Å². The van der Waals surface area contributed by atoms with Gasteiger partial charge in [-0.05, 0) is 37.4 Å². The van der Waals surface area contributed by atoms with Gasteiger partial charge in [-0.1, -0.05) is 32.9 Å². The molecule has 0 spiro atoms. The number of nitrogen functional groups attached to an aromatic ring is 1. The van der Waals surface area contributed by atoms with E-state index in [2.05, 4.69) is 70.9 Å². The summed E-state index contributed by atoms with van der Waals surface area (Å²) < 4.78 is 8.55. The Kier molecular flexibility index (Phi) is 4.74. The Balaban J connectivity index is 1.48. The van der Waals surface area contributed by atoms with Crippen LogP contribution in [0.25, 0.3) is 11.2 Å². The molecule has 7 nitrogen and oxygen atoms in total. The van der Waals surface area contributed by atoms with Crippen molar-refractivity contribution < 1.29 is 4.43 Å². The molecule has 0 saturated heterocycles. The summed E-state index contributed by atoms with van der Waals surface area (Å²) in [6, 6.07) is 0.715. The third kappa shape index (κ3) is 3.80. The lowest BCUT2D eigenvalue weighted by Gasteiger charge is -2.36. The SMILES string of the molecule is CC(C)(C)[Si](C)(C)OCC1C=CC(n2cnc3c(NC4CC4)nc(N)nc32)C1. The molecule has 2 aliphatic carbocycles. The molecule has 152 valence electrons. The van der Waals surface area contributed by atoms with Crippen LogP contribution >= 0.6 is 0 Å². The second-order valence-electron chi connectivity index (χ2n) is 9.69. The van der Waals surface area contributed by atoms with Gasteiger partial charge < -0.3 is 20.0 Å². The molecule has 28 heavy (non-hydrogen) atoms. The molecule has 0 bridgehead atoms. The van der Waals surface area contributed by atoms with Crippen LogP contribution in [0, 0.1) is 5.92 Å². The number of rotatable bonds is 6. The van der Waals surface area contributed by atoms with E-state index >= 15 is 0 Å². The van der Waals surface area contributed by atoms with Crippen molar-refractivity contribution in [3.05, 3.63) is 18.5 Å². The van der Waals surface area contributed by atoms with Gasteiger partial charge in [-0.2, -0.15) is 9.97 Å². The Morgan fingerprint density at radius 1 is 1.25 bits per heavy atom. The van der Waals surface area contributed by atoms with Crippen molar-refractivity contribution in [1.82, 2.24) is 19.5 Å². The molecule has 0 aliphatic heterocycles. The summed E-state index contributed by atoms with van der Waals surface area (Å²) in [6.07, 6.45) is 9.73. The van der Waals surface area contributed by atoms with E-state index in [1.54, 1.807) is 0 Å². The van der Waals surface area contributed by atoms with E-state index in [4.69, 9.17) is 10.2 Å². The first kappa shape index (κ1) is 19.4. The third-order valence-corrected chi connectivity index (χ3v) is 10.8. The minimum atomic E-state index is -1.73. The number of hydrogen-bond acceptors (Lipinski definition) is 6. The molecule has 2 atom stereocenters. The highest BCUT2D eigenvalue weighted by Gasteiger charge is 2.38. The second kappa shape index (κ2) is 6.84. The zero-order chi connectivity index (χ0) is 20.1. The van der Waals surface area contributed by atoms with E-state index in [-0.39, 0.29) is 17.0 Å². The summed E-state index contributed by atoms with van der Waals surface area (Å²) in [7, 11) is -1.73. The van der Waals surface area contributed by atoms with Crippen molar-refractivity contribution in [2.45, 2.75) is 70.2 Å². The van der Waals surface area contributed by atoms with Crippen LogP contribution in [0.3, 0.4) is 0 Å². The fourth-order valence-corrected chi connectivity index (χ4v) is 4.38. The Morgan fingerprint density at radius 3 is 2.68 bits per heavy atom. The molecule has 1 saturated carbocycles. The van der Waals surface area contributed by atoms with Gasteiger partial charge in [0.2, 0.25) is 5.95 Å². The quantitative estimate of drug-likeness (QED) is 0.560. The van der Waals surface area contributed by atoms with Gasteiger partial charge in [-0.15, -0.1) is 0 Å². The lowest BCUT2D eigenvalue weighted by molar-refractivity contribution is 0.244. The van der Waals surface area contributed by atoms with Crippen molar-refractivity contribution in [1.29, 1.82) is 0 Å². The number of aromatic nitrogens is 4.